The van der Waals surface area contributed by atoms with E-state index in [9.17, 15) is 0 Å². The predicted molar refractivity (Wildman–Crippen MR) is 86.8 cm³/mol. The maximum absolute atomic E-state index is 2.28. The molecular formula is C19H22. The summed E-state index contributed by atoms with van der Waals surface area (Å²) in [5.74, 6) is 0. The molecule has 0 atom stereocenters. The molecule has 0 aromatic heterocycles. The highest BCUT2D eigenvalue weighted by Gasteiger charge is 2.04. The summed E-state index contributed by atoms with van der Waals surface area (Å²) in [6.45, 7) is 6.48. The van der Waals surface area contributed by atoms with Crippen molar-refractivity contribution < 1.29 is 0 Å². The summed E-state index contributed by atoms with van der Waals surface area (Å²) in [7, 11) is 0. The summed E-state index contributed by atoms with van der Waals surface area (Å²) >= 11 is 0. The minimum Gasteiger partial charge on any atom is -0.0656 e. The zero-order valence-corrected chi connectivity index (χ0v) is 12.1. The topological polar surface area (TPSA) is 0 Å². The summed E-state index contributed by atoms with van der Waals surface area (Å²) in [5.41, 5.74) is 1.47. The Morgan fingerprint density at radius 1 is 0.684 bits per heavy atom. The Hall–Kier alpha value is -1.82. The highest BCUT2D eigenvalue weighted by molar-refractivity contribution is 6.02. The third-order valence-corrected chi connectivity index (χ3v) is 3.24. The molecule has 0 aliphatic carbocycles. The molecule has 0 heteroatoms. The molecule has 3 rings (SSSR count). The first-order valence-electron chi connectivity index (χ1n) is 7.21. The first-order chi connectivity index (χ1) is 9.31. The summed E-state index contributed by atoms with van der Waals surface area (Å²) < 4.78 is 0. The minimum atomic E-state index is 1.09. The van der Waals surface area contributed by atoms with Gasteiger partial charge in [-0.05, 0) is 39.6 Å². The smallest absolute Gasteiger partial charge is 0.0146 e. The van der Waals surface area contributed by atoms with Crippen molar-refractivity contribution in [2.45, 2.75) is 33.6 Å². The molecule has 0 saturated carbocycles. The molecule has 0 radical (unpaired) electrons. The molecule has 98 valence electrons. The maximum Gasteiger partial charge on any atom is -0.0146 e. The summed E-state index contributed by atoms with van der Waals surface area (Å²) in [5, 5.41) is 5.48. The minimum absolute atomic E-state index is 1.09. The van der Waals surface area contributed by atoms with Crippen LogP contribution in [0.2, 0.25) is 0 Å². The summed E-state index contributed by atoms with van der Waals surface area (Å²) in [6, 6.07) is 19.6. The molecule has 0 aliphatic heterocycles. The van der Waals surface area contributed by atoms with E-state index in [1.54, 1.807) is 0 Å². The van der Waals surface area contributed by atoms with Gasteiger partial charge in [0.2, 0.25) is 0 Å². The van der Waals surface area contributed by atoms with Crippen molar-refractivity contribution in [2.75, 3.05) is 0 Å². The van der Waals surface area contributed by atoms with E-state index < -0.39 is 0 Å². The van der Waals surface area contributed by atoms with Crippen LogP contribution in [0.15, 0.2) is 54.6 Å². The third-order valence-electron chi connectivity index (χ3n) is 3.24. The first-order valence-corrected chi connectivity index (χ1v) is 7.21. The lowest BCUT2D eigenvalue weighted by Crippen LogP contribution is -1.86. The third kappa shape index (κ3) is 2.78. The molecule has 0 bridgehead atoms. The molecule has 0 unspecified atom stereocenters. The molecule has 0 fully saturated rings. The molecule has 3 aromatic rings. The Kier molecular flexibility index (Phi) is 4.57. The Bertz CT molecular complexity index is 611. The van der Waals surface area contributed by atoms with Gasteiger partial charge in [-0.15, -0.1) is 0 Å². The van der Waals surface area contributed by atoms with E-state index in [4.69, 9.17) is 0 Å². The largest absolute Gasteiger partial charge is 0.0656 e. The van der Waals surface area contributed by atoms with Crippen LogP contribution < -0.4 is 0 Å². The van der Waals surface area contributed by atoms with Crippen LogP contribution in [0.4, 0.5) is 0 Å². The number of benzene rings is 3. The van der Waals surface area contributed by atoms with Gasteiger partial charge in [0, 0.05) is 0 Å². The second-order valence-corrected chi connectivity index (χ2v) is 4.86. The maximum atomic E-state index is 2.28. The molecule has 0 spiro atoms. The highest BCUT2D eigenvalue weighted by atomic mass is 14.1. The van der Waals surface area contributed by atoms with E-state index in [0.29, 0.717) is 0 Å². The second-order valence-electron chi connectivity index (χ2n) is 4.86. The fourth-order valence-corrected chi connectivity index (χ4v) is 2.49. The molecule has 19 heavy (non-hydrogen) atoms. The number of hydrogen-bond acceptors (Lipinski definition) is 0. The van der Waals surface area contributed by atoms with Crippen LogP contribution >= 0.6 is 0 Å². The SMILES string of the molecule is CCC.CCc1c2ccccc2cc2ccccc12. The zero-order valence-electron chi connectivity index (χ0n) is 12.1. The van der Waals surface area contributed by atoms with Crippen LogP contribution in [0, 0.1) is 0 Å². The Labute approximate surface area is 116 Å². The van der Waals surface area contributed by atoms with Crippen molar-refractivity contribution in [2.24, 2.45) is 0 Å². The van der Waals surface area contributed by atoms with E-state index in [0.717, 1.165) is 6.42 Å². The van der Waals surface area contributed by atoms with E-state index in [1.165, 1.54) is 33.5 Å². The standard InChI is InChI=1S/C16H14.C3H8/c1-2-14-15-9-5-3-7-12(15)11-13-8-4-6-10-16(13)14;1-3-2/h3-11H,2H2,1H3;3H2,1-2H3. The van der Waals surface area contributed by atoms with Crippen molar-refractivity contribution in [3.05, 3.63) is 60.2 Å². The number of hydrogen-bond donors (Lipinski definition) is 0. The molecule has 0 aliphatic rings. The van der Waals surface area contributed by atoms with Crippen LogP contribution in [-0.2, 0) is 6.42 Å². The molecule has 0 amide bonds. The van der Waals surface area contributed by atoms with Crippen molar-refractivity contribution >= 4 is 21.5 Å². The van der Waals surface area contributed by atoms with Gasteiger partial charge in [-0.25, -0.2) is 0 Å². The normalized spacial score (nSPS) is 10.3. The Morgan fingerprint density at radius 3 is 1.53 bits per heavy atom. The fourth-order valence-electron chi connectivity index (χ4n) is 2.49. The molecule has 0 N–H and O–H groups in total. The van der Waals surface area contributed by atoms with Crippen LogP contribution in [0.1, 0.15) is 32.8 Å². The average molecular weight is 250 g/mol. The van der Waals surface area contributed by atoms with Crippen molar-refractivity contribution in [1.82, 2.24) is 0 Å². The van der Waals surface area contributed by atoms with Gasteiger partial charge >= 0.3 is 0 Å². The fraction of sp³-hybridized carbons (Fsp3) is 0.263. The van der Waals surface area contributed by atoms with Gasteiger partial charge in [-0.2, -0.15) is 0 Å². The highest BCUT2D eigenvalue weighted by Crippen LogP contribution is 2.28. The van der Waals surface area contributed by atoms with E-state index in [-0.39, 0.29) is 0 Å². The van der Waals surface area contributed by atoms with Crippen LogP contribution in [-0.4, -0.2) is 0 Å². The molecule has 0 heterocycles. The van der Waals surface area contributed by atoms with E-state index in [1.807, 2.05) is 0 Å². The predicted octanol–water partition coefficient (Wildman–Crippen LogP) is 5.97. The second kappa shape index (κ2) is 6.38. The average Bonchev–Trinajstić information content (AvgIpc) is 2.45. The Balaban J connectivity index is 0.000000408. The number of fused-ring (bicyclic) bond motifs is 2. The van der Waals surface area contributed by atoms with Crippen LogP contribution in [0.5, 0.6) is 0 Å². The van der Waals surface area contributed by atoms with Gasteiger partial charge in [0.25, 0.3) is 0 Å². The van der Waals surface area contributed by atoms with Crippen molar-refractivity contribution in [3.63, 3.8) is 0 Å². The van der Waals surface area contributed by atoms with Gasteiger partial charge in [-0.1, -0.05) is 75.7 Å². The number of aryl methyl sites for hydroxylation is 1. The molecule has 3 aromatic carbocycles. The quantitative estimate of drug-likeness (QED) is 0.467. The molecular weight excluding hydrogens is 228 g/mol. The van der Waals surface area contributed by atoms with Gasteiger partial charge in [-0.3, -0.25) is 0 Å². The lowest BCUT2D eigenvalue weighted by atomic mass is 9.95. The first kappa shape index (κ1) is 13.6. The molecule has 0 nitrogen and oxygen atoms in total. The lowest BCUT2D eigenvalue weighted by Gasteiger charge is -2.09. The van der Waals surface area contributed by atoms with Gasteiger partial charge < -0.3 is 0 Å². The van der Waals surface area contributed by atoms with Crippen molar-refractivity contribution in [1.29, 1.82) is 0 Å². The number of rotatable bonds is 1. The van der Waals surface area contributed by atoms with Gasteiger partial charge in [0.1, 0.15) is 0 Å². The van der Waals surface area contributed by atoms with E-state index in [2.05, 4.69) is 75.4 Å². The molecule has 0 saturated heterocycles. The van der Waals surface area contributed by atoms with Crippen LogP contribution in [0.25, 0.3) is 21.5 Å². The van der Waals surface area contributed by atoms with Crippen molar-refractivity contribution in [3.8, 4) is 0 Å². The lowest BCUT2D eigenvalue weighted by molar-refractivity contribution is 1.09. The van der Waals surface area contributed by atoms with E-state index >= 15 is 0 Å². The van der Waals surface area contributed by atoms with Gasteiger partial charge in [0.15, 0.2) is 0 Å². The summed E-state index contributed by atoms with van der Waals surface area (Å²) in [4.78, 5) is 0. The summed E-state index contributed by atoms with van der Waals surface area (Å²) in [6.07, 6.45) is 2.34. The zero-order chi connectivity index (χ0) is 13.7. The van der Waals surface area contributed by atoms with Gasteiger partial charge in [0.05, 0.1) is 0 Å². The monoisotopic (exact) mass is 250 g/mol. The Morgan fingerprint density at radius 2 is 1.11 bits per heavy atom. The van der Waals surface area contributed by atoms with Crippen LogP contribution in [0.3, 0.4) is 0 Å².